The van der Waals surface area contributed by atoms with E-state index >= 15 is 0 Å². The summed E-state index contributed by atoms with van der Waals surface area (Å²) in [5.41, 5.74) is 1.04. The quantitative estimate of drug-likeness (QED) is 0.700. The maximum Gasteiger partial charge on any atom is 0.123 e. The van der Waals surface area contributed by atoms with E-state index < -0.39 is 10.8 Å². The molecule has 0 amide bonds. The molecule has 1 unspecified atom stereocenters. The number of hydrogen-bond donors (Lipinski definition) is 0. The monoisotopic (exact) mass is 273 g/mol. The molecule has 1 aromatic heterocycles. The Morgan fingerprint density at radius 1 is 1.05 bits per heavy atom. The van der Waals surface area contributed by atoms with E-state index in [4.69, 9.17) is 0 Å². The van der Waals surface area contributed by atoms with Crippen molar-refractivity contribution in [3.63, 3.8) is 0 Å². The molecule has 0 aliphatic carbocycles. The van der Waals surface area contributed by atoms with Crippen molar-refractivity contribution in [2.45, 2.75) is 9.79 Å². The first-order valence-electron chi connectivity index (χ1n) is 5.88. The van der Waals surface area contributed by atoms with Gasteiger partial charge in [-0.3, -0.25) is 0 Å². The van der Waals surface area contributed by atoms with Gasteiger partial charge in [0.15, 0.2) is 0 Å². The van der Waals surface area contributed by atoms with Crippen molar-refractivity contribution in [2.75, 3.05) is 0 Å². The van der Waals surface area contributed by atoms with Crippen LogP contribution in [0.2, 0.25) is 0 Å². The Morgan fingerprint density at radius 2 is 1.74 bits per heavy atom. The molecular formula is C15H12FNOS. The van der Waals surface area contributed by atoms with Crippen molar-refractivity contribution in [3.05, 3.63) is 60.5 Å². The number of nitrogens with zero attached hydrogens (tertiary/aromatic N) is 1. The molecule has 4 heteroatoms. The summed E-state index contributed by atoms with van der Waals surface area (Å²) in [5.74, 6) is -0.321. The van der Waals surface area contributed by atoms with E-state index in [1.54, 1.807) is 12.1 Å². The van der Waals surface area contributed by atoms with E-state index in [-0.39, 0.29) is 5.82 Å². The highest BCUT2D eigenvalue weighted by Gasteiger charge is 2.13. The molecule has 19 heavy (non-hydrogen) atoms. The van der Waals surface area contributed by atoms with Crippen LogP contribution in [0.5, 0.6) is 0 Å². The number of fused-ring (bicyclic) bond motifs is 1. The van der Waals surface area contributed by atoms with Crippen molar-refractivity contribution in [1.82, 2.24) is 4.57 Å². The van der Waals surface area contributed by atoms with Crippen LogP contribution in [-0.2, 0) is 17.8 Å². The maximum atomic E-state index is 12.9. The molecule has 0 bridgehead atoms. The summed E-state index contributed by atoms with van der Waals surface area (Å²) in [6, 6.07) is 13.6. The fourth-order valence-electron chi connectivity index (χ4n) is 2.14. The smallest absolute Gasteiger partial charge is 0.123 e. The minimum atomic E-state index is -1.30. The molecule has 0 radical (unpaired) electrons. The van der Waals surface area contributed by atoms with Gasteiger partial charge in [-0.1, -0.05) is 18.2 Å². The largest absolute Gasteiger partial charge is 0.349 e. The Balaban J connectivity index is 2.14. The Morgan fingerprint density at radius 3 is 2.47 bits per heavy atom. The van der Waals surface area contributed by atoms with Crippen molar-refractivity contribution in [3.8, 4) is 0 Å². The van der Waals surface area contributed by atoms with Crippen LogP contribution in [0, 0.1) is 5.82 Å². The molecule has 1 heterocycles. The second-order valence-electron chi connectivity index (χ2n) is 4.34. The van der Waals surface area contributed by atoms with E-state index in [0.29, 0.717) is 4.90 Å². The van der Waals surface area contributed by atoms with Crippen LogP contribution in [-0.4, -0.2) is 8.78 Å². The lowest BCUT2D eigenvalue weighted by Crippen LogP contribution is -1.92. The second kappa shape index (κ2) is 4.63. The van der Waals surface area contributed by atoms with Crippen molar-refractivity contribution in [1.29, 1.82) is 0 Å². The first-order valence-corrected chi connectivity index (χ1v) is 7.03. The summed E-state index contributed by atoms with van der Waals surface area (Å²) in [6.07, 6.45) is 1.87. The van der Waals surface area contributed by atoms with Gasteiger partial charge in [-0.2, -0.15) is 0 Å². The van der Waals surface area contributed by atoms with Gasteiger partial charge in [0.05, 0.1) is 15.7 Å². The zero-order chi connectivity index (χ0) is 13.4. The molecule has 2 nitrogen and oxygen atoms in total. The predicted molar refractivity (Wildman–Crippen MR) is 74.0 cm³/mol. The highest BCUT2D eigenvalue weighted by molar-refractivity contribution is 7.85. The van der Waals surface area contributed by atoms with Crippen LogP contribution in [0.4, 0.5) is 4.39 Å². The van der Waals surface area contributed by atoms with Gasteiger partial charge in [-0.15, -0.1) is 0 Å². The average Bonchev–Trinajstić information content (AvgIpc) is 2.77. The third kappa shape index (κ3) is 2.08. The van der Waals surface area contributed by atoms with Crippen molar-refractivity contribution in [2.24, 2.45) is 7.05 Å². The molecule has 0 fully saturated rings. The Labute approximate surface area is 112 Å². The minimum Gasteiger partial charge on any atom is -0.349 e. The molecule has 0 aliphatic heterocycles. The van der Waals surface area contributed by atoms with Crippen LogP contribution in [0.3, 0.4) is 0 Å². The van der Waals surface area contributed by atoms with Gasteiger partial charge in [-0.05, 0) is 30.3 Å². The zero-order valence-corrected chi connectivity index (χ0v) is 11.2. The standard InChI is InChI=1S/C15H12FNOS/c1-17-10-15(13-4-2-3-5-14(13)17)19(18)12-8-6-11(16)7-9-12/h2-10H,1H3. The fourth-order valence-corrected chi connectivity index (χ4v) is 3.40. The molecule has 0 saturated heterocycles. The molecule has 3 aromatic rings. The molecule has 0 N–H and O–H groups in total. The Hall–Kier alpha value is -1.94. The average molecular weight is 273 g/mol. The summed E-state index contributed by atoms with van der Waals surface area (Å²) >= 11 is 0. The first-order chi connectivity index (χ1) is 9.16. The van der Waals surface area contributed by atoms with Crippen LogP contribution in [0.25, 0.3) is 10.9 Å². The van der Waals surface area contributed by atoms with E-state index in [2.05, 4.69) is 0 Å². The van der Waals surface area contributed by atoms with Crippen molar-refractivity contribution >= 4 is 21.7 Å². The number of rotatable bonds is 2. The molecule has 96 valence electrons. The number of aryl methyl sites for hydroxylation is 1. The maximum absolute atomic E-state index is 12.9. The van der Waals surface area contributed by atoms with E-state index in [0.717, 1.165) is 15.8 Å². The molecule has 0 spiro atoms. The number of halogens is 1. The third-order valence-corrected chi connectivity index (χ3v) is 4.51. The number of para-hydroxylation sites is 1. The highest BCUT2D eigenvalue weighted by Crippen LogP contribution is 2.26. The van der Waals surface area contributed by atoms with E-state index in [1.165, 1.54) is 12.1 Å². The van der Waals surface area contributed by atoms with Crippen molar-refractivity contribution < 1.29 is 8.60 Å². The molecule has 0 saturated carbocycles. The van der Waals surface area contributed by atoms with Crippen LogP contribution >= 0.6 is 0 Å². The summed E-state index contributed by atoms with van der Waals surface area (Å²) in [5, 5.41) is 0.965. The molecular weight excluding hydrogens is 261 g/mol. The number of benzene rings is 2. The normalized spacial score (nSPS) is 12.7. The fraction of sp³-hybridized carbons (Fsp3) is 0.0667. The van der Waals surface area contributed by atoms with Crippen LogP contribution < -0.4 is 0 Å². The number of aromatic nitrogens is 1. The summed E-state index contributed by atoms with van der Waals surface area (Å²) < 4.78 is 27.4. The Bertz CT molecular complexity index is 761. The van der Waals surface area contributed by atoms with Gasteiger partial charge >= 0.3 is 0 Å². The van der Waals surface area contributed by atoms with Gasteiger partial charge in [0.25, 0.3) is 0 Å². The van der Waals surface area contributed by atoms with E-state index in [1.807, 2.05) is 42.1 Å². The molecule has 2 aromatic carbocycles. The summed E-state index contributed by atoms with van der Waals surface area (Å²) in [4.78, 5) is 1.36. The third-order valence-electron chi connectivity index (χ3n) is 3.09. The molecule has 0 aliphatic rings. The zero-order valence-electron chi connectivity index (χ0n) is 10.3. The summed E-state index contributed by atoms with van der Waals surface area (Å²) in [7, 11) is 0.628. The van der Waals surface area contributed by atoms with Gasteiger partial charge in [0.1, 0.15) is 5.82 Å². The van der Waals surface area contributed by atoms with Gasteiger partial charge in [0, 0.05) is 29.0 Å². The van der Waals surface area contributed by atoms with Crippen LogP contribution in [0.15, 0.2) is 64.5 Å². The highest BCUT2D eigenvalue weighted by atomic mass is 32.2. The molecule has 3 rings (SSSR count). The topological polar surface area (TPSA) is 22.0 Å². The van der Waals surface area contributed by atoms with Gasteiger partial charge in [-0.25, -0.2) is 8.60 Å². The van der Waals surface area contributed by atoms with Crippen LogP contribution in [0.1, 0.15) is 0 Å². The first kappa shape index (κ1) is 12.1. The van der Waals surface area contributed by atoms with Gasteiger partial charge < -0.3 is 4.57 Å². The lowest BCUT2D eigenvalue weighted by molar-refractivity contribution is 0.626. The number of hydrogen-bond acceptors (Lipinski definition) is 1. The predicted octanol–water partition coefficient (Wildman–Crippen LogP) is 3.48. The summed E-state index contributed by atoms with van der Waals surface area (Å²) in [6.45, 7) is 0. The Kier molecular flexibility index (Phi) is 2.95. The lowest BCUT2D eigenvalue weighted by Gasteiger charge is -2.00. The minimum absolute atomic E-state index is 0.321. The second-order valence-corrected chi connectivity index (χ2v) is 5.79. The lowest BCUT2D eigenvalue weighted by atomic mass is 10.2. The van der Waals surface area contributed by atoms with Gasteiger partial charge in [0.2, 0.25) is 0 Å². The SMILES string of the molecule is Cn1cc(S(=O)c2ccc(F)cc2)c2ccccc21. The molecule has 1 atom stereocenters. The van der Waals surface area contributed by atoms with E-state index in [9.17, 15) is 8.60 Å².